The molecule has 2 unspecified atom stereocenters. The first kappa shape index (κ1) is 29.3. The Balaban J connectivity index is 1.61. The molecule has 0 spiro atoms. The third-order valence-corrected chi connectivity index (χ3v) is 7.76. The molecule has 13 heteroatoms. The van der Waals surface area contributed by atoms with Crippen LogP contribution in [0.5, 0.6) is 0 Å². The number of nitrogens with one attached hydrogen (secondary N) is 2. The van der Waals surface area contributed by atoms with Crippen molar-refractivity contribution in [1.82, 2.24) is 15.6 Å². The van der Waals surface area contributed by atoms with E-state index in [1.54, 1.807) is 6.07 Å². The van der Waals surface area contributed by atoms with Crippen molar-refractivity contribution in [3.63, 3.8) is 0 Å². The van der Waals surface area contributed by atoms with Crippen LogP contribution in [0.15, 0.2) is 36.7 Å². The molecule has 2 atom stereocenters. The number of anilines is 1. The summed E-state index contributed by atoms with van der Waals surface area (Å²) < 4.78 is 91.3. The van der Waals surface area contributed by atoms with Crippen LogP contribution >= 0.6 is 0 Å². The molecule has 41 heavy (non-hydrogen) atoms. The van der Waals surface area contributed by atoms with Gasteiger partial charge in [0.2, 0.25) is 17.7 Å². The molecule has 5 rings (SSSR count). The molecule has 2 amide bonds. The number of pyridine rings is 1. The van der Waals surface area contributed by atoms with Crippen LogP contribution in [0, 0.1) is 5.82 Å². The van der Waals surface area contributed by atoms with Crippen LogP contribution in [0.3, 0.4) is 0 Å². The van der Waals surface area contributed by atoms with E-state index in [4.69, 9.17) is 4.74 Å². The topological polar surface area (TPSA) is 83.6 Å². The molecule has 1 aliphatic heterocycles. The van der Waals surface area contributed by atoms with Gasteiger partial charge in [-0.25, -0.2) is 13.2 Å². The maximum absolute atomic E-state index is 15.7. The van der Waals surface area contributed by atoms with Gasteiger partial charge in [0.1, 0.15) is 17.9 Å². The van der Waals surface area contributed by atoms with Gasteiger partial charge in [0, 0.05) is 43.4 Å². The molecule has 7 nitrogen and oxygen atoms in total. The molecule has 2 saturated carbocycles. The molecular formula is C28H30F6N4O3. The molecule has 2 N–H and O–H groups in total. The van der Waals surface area contributed by atoms with E-state index >= 15 is 4.39 Å². The first-order valence-electron chi connectivity index (χ1n) is 13.6. The molecule has 2 heterocycles. The van der Waals surface area contributed by atoms with Crippen LogP contribution in [0.4, 0.5) is 32.0 Å². The third kappa shape index (κ3) is 6.66. The highest BCUT2D eigenvalue weighted by atomic mass is 19.4. The average molecular weight is 585 g/mol. The van der Waals surface area contributed by atoms with Crippen molar-refractivity contribution >= 4 is 17.5 Å². The van der Waals surface area contributed by atoms with Crippen molar-refractivity contribution in [2.45, 2.75) is 74.7 Å². The Morgan fingerprint density at radius 2 is 1.85 bits per heavy atom. The fourth-order valence-electron chi connectivity index (χ4n) is 5.41. The minimum absolute atomic E-state index is 0.110. The number of nitrogens with zero attached hydrogens (tertiary/aromatic N) is 2. The second kappa shape index (κ2) is 11.6. The van der Waals surface area contributed by atoms with Gasteiger partial charge >= 0.3 is 6.18 Å². The second-order valence-electron chi connectivity index (χ2n) is 10.8. The number of hydrogen-bond donors (Lipinski definition) is 2. The molecule has 2 aromatic rings. The van der Waals surface area contributed by atoms with E-state index in [1.807, 2.05) is 0 Å². The summed E-state index contributed by atoms with van der Waals surface area (Å²) in [6, 6.07) is 0.910. The van der Waals surface area contributed by atoms with Gasteiger partial charge in [-0.15, -0.1) is 0 Å². The van der Waals surface area contributed by atoms with Gasteiger partial charge in [0.05, 0.1) is 24.5 Å². The average Bonchev–Trinajstić information content (AvgIpc) is 3.79. The number of alkyl halides is 5. The number of aromatic nitrogens is 1. The minimum Gasteiger partial charge on any atom is -0.378 e. The molecule has 222 valence electrons. The van der Waals surface area contributed by atoms with Crippen molar-refractivity contribution < 1.29 is 40.7 Å². The van der Waals surface area contributed by atoms with E-state index in [-0.39, 0.29) is 44.2 Å². The molecule has 3 fully saturated rings. The third-order valence-electron chi connectivity index (χ3n) is 7.76. The zero-order valence-electron chi connectivity index (χ0n) is 22.0. The Morgan fingerprint density at radius 3 is 2.46 bits per heavy atom. The van der Waals surface area contributed by atoms with Crippen molar-refractivity contribution in [1.29, 1.82) is 0 Å². The van der Waals surface area contributed by atoms with Gasteiger partial charge in [0.15, 0.2) is 0 Å². The Hall–Kier alpha value is -3.19. The number of ether oxygens (including phenoxy) is 1. The van der Waals surface area contributed by atoms with Crippen molar-refractivity contribution in [3.8, 4) is 0 Å². The van der Waals surface area contributed by atoms with E-state index in [1.165, 1.54) is 12.1 Å². The van der Waals surface area contributed by atoms with Gasteiger partial charge in [-0.1, -0.05) is 6.07 Å². The second-order valence-corrected chi connectivity index (χ2v) is 10.8. The highest BCUT2D eigenvalue weighted by molar-refractivity contribution is 6.04. The predicted molar refractivity (Wildman–Crippen MR) is 136 cm³/mol. The maximum atomic E-state index is 15.7. The van der Waals surface area contributed by atoms with Crippen molar-refractivity contribution in [3.05, 3.63) is 59.2 Å². The SMILES string of the molecule is O=C(NC1CCC(F)(F)CC1)C(c1cnccc1C(F)(F)F)N(C(=O)C1COCCN1)c1ccc(C2CC2)cc1F. The predicted octanol–water partition coefficient (Wildman–Crippen LogP) is 4.87. The molecule has 1 aromatic heterocycles. The highest BCUT2D eigenvalue weighted by Crippen LogP contribution is 2.43. The van der Waals surface area contributed by atoms with Crippen LogP contribution in [0.1, 0.15) is 67.2 Å². The fraction of sp³-hybridized carbons (Fsp3) is 0.536. The van der Waals surface area contributed by atoms with E-state index in [0.29, 0.717) is 11.6 Å². The molecule has 2 aliphatic carbocycles. The van der Waals surface area contributed by atoms with Gasteiger partial charge in [-0.2, -0.15) is 13.2 Å². The smallest absolute Gasteiger partial charge is 0.378 e. The summed E-state index contributed by atoms with van der Waals surface area (Å²) in [6.07, 6.45) is -2.73. The van der Waals surface area contributed by atoms with Gasteiger partial charge in [-0.3, -0.25) is 19.5 Å². The number of amides is 2. The Kier molecular flexibility index (Phi) is 8.29. The lowest BCUT2D eigenvalue weighted by molar-refractivity contribution is -0.139. The molecule has 1 aromatic carbocycles. The lowest BCUT2D eigenvalue weighted by Gasteiger charge is -2.37. The van der Waals surface area contributed by atoms with Crippen LogP contribution in [0.25, 0.3) is 0 Å². The van der Waals surface area contributed by atoms with E-state index in [2.05, 4.69) is 15.6 Å². The lowest BCUT2D eigenvalue weighted by Crippen LogP contribution is -2.56. The molecule has 0 radical (unpaired) electrons. The number of rotatable bonds is 7. The summed E-state index contributed by atoms with van der Waals surface area (Å²) in [7, 11) is 0. The monoisotopic (exact) mass is 584 g/mol. The molecule has 0 bridgehead atoms. The summed E-state index contributed by atoms with van der Waals surface area (Å²) in [5.74, 6) is -5.58. The number of carbonyl (C=O) groups excluding carboxylic acids is 2. The van der Waals surface area contributed by atoms with Crippen LogP contribution in [0.2, 0.25) is 0 Å². The Morgan fingerprint density at radius 1 is 1.12 bits per heavy atom. The quantitative estimate of drug-likeness (QED) is 0.454. The van der Waals surface area contributed by atoms with Crippen LogP contribution in [-0.4, -0.2) is 54.6 Å². The summed E-state index contributed by atoms with van der Waals surface area (Å²) in [6.45, 7) is 0.384. The Labute approximate surface area is 232 Å². The van der Waals surface area contributed by atoms with Crippen molar-refractivity contribution in [2.75, 3.05) is 24.7 Å². The van der Waals surface area contributed by atoms with Gasteiger partial charge in [-0.05, 0) is 55.4 Å². The minimum atomic E-state index is -4.95. The Bertz CT molecular complexity index is 1270. The molecule has 1 saturated heterocycles. The summed E-state index contributed by atoms with van der Waals surface area (Å²) in [5, 5.41) is 5.48. The number of morpholine rings is 1. The van der Waals surface area contributed by atoms with Gasteiger partial charge in [0.25, 0.3) is 0 Å². The normalized spacial score (nSPS) is 22.1. The number of benzene rings is 1. The fourth-order valence-corrected chi connectivity index (χ4v) is 5.41. The van der Waals surface area contributed by atoms with E-state index in [9.17, 15) is 31.5 Å². The maximum Gasteiger partial charge on any atom is 0.416 e. The molecular weight excluding hydrogens is 554 g/mol. The summed E-state index contributed by atoms with van der Waals surface area (Å²) in [5.41, 5.74) is -1.61. The van der Waals surface area contributed by atoms with E-state index in [0.717, 1.165) is 30.1 Å². The summed E-state index contributed by atoms with van der Waals surface area (Å²) in [4.78, 5) is 32.4. The van der Waals surface area contributed by atoms with Crippen molar-refractivity contribution in [2.24, 2.45) is 0 Å². The largest absolute Gasteiger partial charge is 0.416 e. The highest BCUT2D eigenvalue weighted by Gasteiger charge is 2.45. The number of halogens is 6. The van der Waals surface area contributed by atoms with Crippen LogP contribution in [-0.2, 0) is 20.5 Å². The van der Waals surface area contributed by atoms with E-state index < -0.39 is 71.8 Å². The lowest BCUT2D eigenvalue weighted by atomic mass is 9.91. The zero-order valence-corrected chi connectivity index (χ0v) is 22.0. The number of carbonyl (C=O) groups is 2. The first-order valence-corrected chi connectivity index (χ1v) is 13.6. The van der Waals surface area contributed by atoms with Crippen LogP contribution < -0.4 is 15.5 Å². The summed E-state index contributed by atoms with van der Waals surface area (Å²) >= 11 is 0. The van der Waals surface area contributed by atoms with Gasteiger partial charge < -0.3 is 15.4 Å². The number of hydrogen-bond acceptors (Lipinski definition) is 5. The standard InChI is InChI=1S/C28H30F6N4O3/c29-21-13-17(16-1-2-16)3-4-23(21)38(26(40)22-15-41-12-11-36-22)24(19-14-35-10-7-20(19)28(32,33)34)25(39)37-18-5-8-27(30,31)9-6-18/h3-4,7,10,13-14,16,18,22,24,36H,1-2,5-6,8-9,11-12,15H2,(H,37,39). The first-order chi connectivity index (χ1) is 19.4. The zero-order chi connectivity index (χ0) is 29.4. The molecule has 3 aliphatic rings.